The average molecular weight is 275 g/mol. The van der Waals surface area contributed by atoms with Crippen LogP contribution in [0.2, 0.25) is 0 Å². The molecule has 2 heterocycles. The van der Waals surface area contributed by atoms with E-state index in [4.69, 9.17) is 0 Å². The summed E-state index contributed by atoms with van der Waals surface area (Å²) in [6.07, 6.45) is 4.50. The van der Waals surface area contributed by atoms with E-state index in [-0.39, 0.29) is 11.9 Å². The lowest BCUT2D eigenvalue weighted by Crippen LogP contribution is -2.45. The van der Waals surface area contributed by atoms with Crippen molar-refractivity contribution in [2.45, 2.75) is 52.1 Å². The number of hydrogen-bond acceptors (Lipinski definition) is 3. The van der Waals surface area contributed by atoms with Gasteiger partial charge in [-0.05, 0) is 45.4 Å². The maximum Gasteiger partial charge on any atom is 0.240 e. The highest BCUT2D eigenvalue weighted by atomic mass is 16.2. The SMILES string of the molecule is CCN(Cc1cccc(C)n1)C(=O)C1CCCCCN1. The number of likely N-dealkylation sites (N-methyl/N-ethyl adjacent to an activating group) is 1. The Morgan fingerprint density at radius 1 is 1.40 bits per heavy atom. The Balaban J connectivity index is 2.01. The van der Waals surface area contributed by atoms with E-state index in [1.807, 2.05) is 36.9 Å². The summed E-state index contributed by atoms with van der Waals surface area (Å²) in [6, 6.07) is 5.96. The van der Waals surface area contributed by atoms with E-state index in [1.165, 1.54) is 12.8 Å². The van der Waals surface area contributed by atoms with Gasteiger partial charge >= 0.3 is 0 Å². The van der Waals surface area contributed by atoms with Crippen LogP contribution in [-0.2, 0) is 11.3 Å². The molecule has 0 saturated carbocycles. The summed E-state index contributed by atoms with van der Waals surface area (Å²) in [6.45, 7) is 6.30. The summed E-state index contributed by atoms with van der Waals surface area (Å²) in [7, 11) is 0. The molecule has 0 bridgehead atoms. The number of carbonyl (C=O) groups excluding carboxylic acids is 1. The molecular weight excluding hydrogens is 250 g/mol. The van der Waals surface area contributed by atoms with Gasteiger partial charge in [-0.2, -0.15) is 0 Å². The number of hydrogen-bond donors (Lipinski definition) is 1. The van der Waals surface area contributed by atoms with Crippen molar-refractivity contribution in [1.82, 2.24) is 15.2 Å². The van der Waals surface area contributed by atoms with Crippen molar-refractivity contribution in [3.05, 3.63) is 29.6 Å². The Hall–Kier alpha value is -1.42. The maximum atomic E-state index is 12.6. The summed E-state index contributed by atoms with van der Waals surface area (Å²) in [4.78, 5) is 19.0. The van der Waals surface area contributed by atoms with Gasteiger partial charge in [0, 0.05) is 12.2 Å². The second-order valence-corrected chi connectivity index (χ2v) is 5.48. The number of aromatic nitrogens is 1. The summed E-state index contributed by atoms with van der Waals surface area (Å²) in [5, 5.41) is 3.38. The number of carbonyl (C=O) groups is 1. The van der Waals surface area contributed by atoms with E-state index < -0.39 is 0 Å². The third kappa shape index (κ3) is 4.04. The van der Waals surface area contributed by atoms with E-state index in [0.717, 1.165) is 37.3 Å². The largest absolute Gasteiger partial charge is 0.336 e. The lowest BCUT2D eigenvalue weighted by atomic mass is 10.1. The summed E-state index contributed by atoms with van der Waals surface area (Å²) < 4.78 is 0. The molecule has 4 heteroatoms. The Labute approximate surface area is 121 Å². The first-order valence-electron chi connectivity index (χ1n) is 7.65. The molecule has 1 atom stereocenters. The molecule has 1 amide bonds. The predicted octanol–water partition coefficient (Wildman–Crippen LogP) is 2.27. The Morgan fingerprint density at radius 2 is 2.25 bits per heavy atom. The van der Waals surface area contributed by atoms with Gasteiger partial charge in [-0.1, -0.05) is 18.9 Å². The highest BCUT2D eigenvalue weighted by Crippen LogP contribution is 2.12. The number of nitrogens with zero attached hydrogens (tertiary/aromatic N) is 2. The molecule has 1 saturated heterocycles. The van der Waals surface area contributed by atoms with Crippen molar-refractivity contribution in [3.63, 3.8) is 0 Å². The zero-order valence-electron chi connectivity index (χ0n) is 12.6. The van der Waals surface area contributed by atoms with Gasteiger partial charge in [0.05, 0.1) is 18.3 Å². The Kier molecular flexibility index (Phi) is 5.53. The van der Waals surface area contributed by atoms with E-state index >= 15 is 0 Å². The molecule has 20 heavy (non-hydrogen) atoms. The maximum absolute atomic E-state index is 12.6. The number of rotatable bonds is 4. The van der Waals surface area contributed by atoms with Gasteiger partial charge in [-0.15, -0.1) is 0 Å². The molecule has 1 N–H and O–H groups in total. The van der Waals surface area contributed by atoms with Crippen LogP contribution in [0.5, 0.6) is 0 Å². The van der Waals surface area contributed by atoms with Crippen LogP contribution in [0.4, 0.5) is 0 Å². The second-order valence-electron chi connectivity index (χ2n) is 5.48. The van der Waals surface area contributed by atoms with Crippen LogP contribution in [0, 0.1) is 6.92 Å². The van der Waals surface area contributed by atoms with Crippen molar-refractivity contribution >= 4 is 5.91 Å². The van der Waals surface area contributed by atoms with Gasteiger partial charge < -0.3 is 10.2 Å². The van der Waals surface area contributed by atoms with Crippen LogP contribution in [0.3, 0.4) is 0 Å². The topological polar surface area (TPSA) is 45.2 Å². The first-order valence-corrected chi connectivity index (χ1v) is 7.65. The van der Waals surface area contributed by atoms with Crippen LogP contribution in [0.15, 0.2) is 18.2 Å². The average Bonchev–Trinajstić information content (AvgIpc) is 2.73. The molecule has 0 radical (unpaired) electrons. The minimum atomic E-state index is -0.0118. The number of amides is 1. The van der Waals surface area contributed by atoms with Crippen LogP contribution < -0.4 is 5.32 Å². The lowest BCUT2D eigenvalue weighted by molar-refractivity contribution is -0.134. The van der Waals surface area contributed by atoms with Crippen LogP contribution in [0.1, 0.15) is 44.0 Å². The highest BCUT2D eigenvalue weighted by Gasteiger charge is 2.24. The van der Waals surface area contributed by atoms with Crippen molar-refractivity contribution in [1.29, 1.82) is 0 Å². The van der Waals surface area contributed by atoms with Gasteiger partial charge in [0.25, 0.3) is 0 Å². The monoisotopic (exact) mass is 275 g/mol. The first kappa shape index (κ1) is 15.0. The van der Waals surface area contributed by atoms with Crippen molar-refractivity contribution in [3.8, 4) is 0 Å². The molecule has 1 aliphatic rings. The molecular formula is C16H25N3O. The first-order chi connectivity index (χ1) is 9.70. The molecule has 1 aromatic heterocycles. The van der Waals surface area contributed by atoms with E-state index in [1.54, 1.807) is 0 Å². The van der Waals surface area contributed by atoms with E-state index in [0.29, 0.717) is 6.54 Å². The van der Waals surface area contributed by atoms with Gasteiger partial charge in [0.1, 0.15) is 0 Å². The molecule has 1 unspecified atom stereocenters. The van der Waals surface area contributed by atoms with Gasteiger partial charge in [-0.25, -0.2) is 0 Å². The fourth-order valence-electron chi connectivity index (χ4n) is 2.69. The molecule has 1 fully saturated rings. The lowest BCUT2D eigenvalue weighted by Gasteiger charge is -2.26. The smallest absolute Gasteiger partial charge is 0.240 e. The summed E-state index contributed by atoms with van der Waals surface area (Å²) in [5.41, 5.74) is 1.97. The normalized spacial score (nSPS) is 19.4. The zero-order chi connectivity index (χ0) is 14.4. The third-order valence-corrected chi connectivity index (χ3v) is 3.85. The zero-order valence-corrected chi connectivity index (χ0v) is 12.6. The molecule has 0 spiro atoms. The molecule has 0 aromatic carbocycles. The van der Waals surface area contributed by atoms with Gasteiger partial charge in [0.2, 0.25) is 5.91 Å². The standard InChI is InChI=1S/C16H25N3O/c1-3-19(12-14-9-7-8-13(2)18-14)16(20)15-10-5-4-6-11-17-15/h7-9,15,17H,3-6,10-12H2,1-2H3. The minimum absolute atomic E-state index is 0.0118. The van der Waals surface area contributed by atoms with Crippen molar-refractivity contribution in [2.75, 3.05) is 13.1 Å². The highest BCUT2D eigenvalue weighted by molar-refractivity contribution is 5.81. The fraction of sp³-hybridized carbons (Fsp3) is 0.625. The van der Waals surface area contributed by atoms with E-state index in [9.17, 15) is 4.79 Å². The van der Waals surface area contributed by atoms with Crippen LogP contribution in [0.25, 0.3) is 0 Å². The van der Waals surface area contributed by atoms with Crippen molar-refractivity contribution in [2.24, 2.45) is 0 Å². The van der Waals surface area contributed by atoms with Gasteiger partial charge in [0.15, 0.2) is 0 Å². The van der Waals surface area contributed by atoms with Gasteiger partial charge in [-0.3, -0.25) is 9.78 Å². The van der Waals surface area contributed by atoms with Crippen LogP contribution in [-0.4, -0.2) is 34.9 Å². The Morgan fingerprint density at radius 3 is 3.00 bits per heavy atom. The van der Waals surface area contributed by atoms with E-state index in [2.05, 4.69) is 10.3 Å². The quantitative estimate of drug-likeness (QED) is 0.917. The predicted molar refractivity (Wildman–Crippen MR) is 80.3 cm³/mol. The van der Waals surface area contributed by atoms with Crippen molar-refractivity contribution < 1.29 is 4.79 Å². The summed E-state index contributed by atoms with van der Waals surface area (Å²) in [5.74, 6) is 0.220. The second kappa shape index (κ2) is 7.39. The molecule has 1 aromatic rings. The molecule has 4 nitrogen and oxygen atoms in total. The molecule has 1 aliphatic heterocycles. The number of nitrogens with one attached hydrogen (secondary N) is 1. The fourth-order valence-corrected chi connectivity index (χ4v) is 2.69. The number of aryl methyl sites for hydroxylation is 1. The summed E-state index contributed by atoms with van der Waals surface area (Å²) >= 11 is 0. The molecule has 0 aliphatic carbocycles. The molecule has 110 valence electrons. The number of pyridine rings is 1. The molecule has 2 rings (SSSR count). The third-order valence-electron chi connectivity index (χ3n) is 3.85. The van der Waals surface area contributed by atoms with Crippen LogP contribution >= 0.6 is 0 Å². The Bertz CT molecular complexity index is 439. The minimum Gasteiger partial charge on any atom is -0.336 e.